The van der Waals surface area contributed by atoms with Crippen molar-refractivity contribution in [3.05, 3.63) is 123 Å². The van der Waals surface area contributed by atoms with E-state index in [1.165, 1.54) is 22.9 Å². The van der Waals surface area contributed by atoms with Crippen molar-refractivity contribution in [2.45, 2.75) is 19.5 Å². The minimum Gasteiger partial charge on any atom is -0.366 e. The fourth-order valence-electron chi connectivity index (χ4n) is 3.71. The number of rotatable bonds is 7. The van der Waals surface area contributed by atoms with Crippen LogP contribution in [0.1, 0.15) is 33.5 Å². The minimum absolute atomic E-state index is 0.00484. The standard InChI is InChI=1S/C26H21F2N3O3/c27-22-9-6-17(12-23(22)28)15-31-10-2-5-21(26(31)34)25(33)30-14-16-3-1-4-18(11-16)19-7-8-20(13-19)24(29)32/h1-7,9-13H,8,14-15H2,(H2,29,32)(H,30,33). The molecule has 0 unspecified atom stereocenters. The molecule has 0 atom stereocenters. The van der Waals surface area contributed by atoms with Crippen molar-refractivity contribution in [2.24, 2.45) is 5.73 Å². The molecule has 6 nitrogen and oxygen atoms in total. The van der Waals surface area contributed by atoms with E-state index in [0.717, 1.165) is 28.8 Å². The van der Waals surface area contributed by atoms with Gasteiger partial charge in [-0.25, -0.2) is 8.78 Å². The van der Waals surface area contributed by atoms with Crippen LogP contribution in [-0.4, -0.2) is 16.4 Å². The molecule has 1 aromatic heterocycles. The number of carbonyl (C=O) groups excluding carboxylic acids is 2. The van der Waals surface area contributed by atoms with Crippen molar-refractivity contribution in [3.8, 4) is 0 Å². The highest BCUT2D eigenvalue weighted by Crippen LogP contribution is 2.26. The third-order valence-electron chi connectivity index (χ3n) is 5.50. The molecule has 8 heteroatoms. The van der Waals surface area contributed by atoms with Crippen LogP contribution in [0.15, 0.2) is 83.3 Å². The number of nitrogens with two attached hydrogens (primary N) is 1. The zero-order chi connectivity index (χ0) is 24.2. The Morgan fingerprint density at radius 2 is 1.82 bits per heavy atom. The molecule has 4 rings (SSSR count). The molecular formula is C26H21F2N3O3. The Labute approximate surface area is 194 Å². The number of benzene rings is 2. The SMILES string of the molecule is NC(=O)C1=CC(c2cccc(CNC(=O)c3cccn(Cc4ccc(F)c(F)c4)c3=O)c2)=CC1. The first-order chi connectivity index (χ1) is 16.3. The largest absolute Gasteiger partial charge is 0.366 e. The Hall–Kier alpha value is -4.33. The fourth-order valence-corrected chi connectivity index (χ4v) is 3.71. The lowest BCUT2D eigenvalue weighted by Gasteiger charge is -2.10. The number of pyridine rings is 1. The molecule has 3 aromatic rings. The van der Waals surface area contributed by atoms with Gasteiger partial charge in [0.15, 0.2) is 11.6 Å². The van der Waals surface area contributed by atoms with Crippen LogP contribution >= 0.6 is 0 Å². The summed E-state index contributed by atoms with van der Waals surface area (Å²) in [6.07, 6.45) is 5.63. The van der Waals surface area contributed by atoms with E-state index in [9.17, 15) is 23.2 Å². The molecule has 0 bridgehead atoms. The van der Waals surface area contributed by atoms with Gasteiger partial charge in [-0.05, 0) is 65.1 Å². The number of allylic oxidation sites excluding steroid dienone is 3. The first kappa shape index (κ1) is 22.8. The van der Waals surface area contributed by atoms with Crippen LogP contribution in [0.3, 0.4) is 0 Å². The average Bonchev–Trinajstić information content (AvgIpc) is 3.32. The number of hydrogen-bond donors (Lipinski definition) is 2. The van der Waals surface area contributed by atoms with Crippen LogP contribution in [-0.2, 0) is 17.9 Å². The number of primary amides is 1. The molecule has 3 N–H and O–H groups in total. The molecule has 1 heterocycles. The lowest BCUT2D eigenvalue weighted by atomic mass is 10.0. The van der Waals surface area contributed by atoms with Crippen molar-refractivity contribution in [1.82, 2.24) is 9.88 Å². The lowest BCUT2D eigenvalue weighted by Crippen LogP contribution is -2.32. The van der Waals surface area contributed by atoms with E-state index >= 15 is 0 Å². The van der Waals surface area contributed by atoms with E-state index in [2.05, 4.69) is 5.32 Å². The van der Waals surface area contributed by atoms with Gasteiger partial charge in [-0.1, -0.05) is 30.3 Å². The van der Waals surface area contributed by atoms with E-state index < -0.39 is 29.0 Å². The number of amides is 2. The number of aromatic nitrogens is 1. The first-order valence-corrected chi connectivity index (χ1v) is 10.5. The van der Waals surface area contributed by atoms with Crippen molar-refractivity contribution in [2.75, 3.05) is 0 Å². The molecule has 0 saturated carbocycles. The van der Waals surface area contributed by atoms with E-state index in [0.29, 0.717) is 17.6 Å². The van der Waals surface area contributed by atoms with Gasteiger partial charge in [0, 0.05) is 18.3 Å². The summed E-state index contributed by atoms with van der Waals surface area (Å²) in [5, 5.41) is 2.74. The third kappa shape index (κ3) is 5.01. The van der Waals surface area contributed by atoms with Gasteiger partial charge in [0.2, 0.25) is 5.91 Å². The highest BCUT2D eigenvalue weighted by atomic mass is 19.2. The molecule has 1 aliphatic rings. The molecule has 0 saturated heterocycles. The van der Waals surface area contributed by atoms with E-state index in [1.807, 2.05) is 30.3 Å². The Bertz CT molecular complexity index is 1410. The maximum Gasteiger partial charge on any atom is 0.263 e. The summed E-state index contributed by atoms with van der Waals surface area (Å²) in [5.74, 6) is -2.97. The minimum atomic E-state index is -1.00. The number of hydrogen-bond acceptors (Lipinski definition) is 3. The van der Waals surface area contributed by atoms with Gasteiger partial charge in [0.1, 0.15) is 5.56 Å². The Kier molecular flexibility index (Phi) is 6.49. The summed E-state index contributed by atoms with van der Waals surface area (Å²) >= 11 is 0. The third-order valence-corrected chi connectivity index (χ3v) is 5.50. The second kappa shape index (κ2) is 9.66. The van der Waals surface area contributed by atoms with Crippen molar-refractivity contribution < 1.29 is 18.4 Å². The normalized spacial score (nSPS) is 12.8. The van der Waals surface area contributed by atoms with Crippen molar-refractivity contribution in [1.29, 1.82) is 0 Å². The predicted octanol–water partition coefficient (Wildman–Crippen LogP) is 3.30. The maximum absolute atomic E-state index is 13.5. The zero-order valence-corrected chi connectivity index (χ0v) is 18.1. The maximum atomic E-state index is 13.5. The van der Waals surface area contributed by atoms with Crippen molar-refractivity contribution >= 4 is 17.4 Å². The average molecular weight is 461 g/mol. The molecule has 0 fully saturated rings. The van der Waals surface area contributed by atoms with Gasteiger partial charge in [-0.2, -0.15) is 0 Å². The monoisotopic (exact) mass is 461 g/mol. The fraction of sp³-hybridized carbons (Fsp3) is 0.115. The number of halogens is 2. The Balaban J connectivity index is 1.46. The summed E-state index contributed by atoms with van der Waals surface area (Å²) in [6.45, 7) is 0.180. The quantitative estimate of drug-likeness (QED) is 0.565. The molecule has 2 aromatic carbocycles. The predicted molar refractivity (Wildman–Crippen MR) is 124 cm³/mol. The number of nitrogens with zero attached hydrogens (tertiary/aromatic N) is 1. The van der Waals surface area contributed by atoms with Crippen LogP contribution in [0.5, 0.6) is 0 Å². The Morgan fingerprint density at radius 3 is 2.56 bits per heavy atom. The van der Waals surface area contributed by atoms with Gasteiger partial charge in [0.05, 0.1) is 6.54 Å². The van der Waals surface area contributed by atoms with Gasteiger partial charge in [-0.3, -0.25) is 14.4 Å². The molecule has 0 spiro atoms. The first-order valence-electron chi connectivity index (χ1n) is 10.5. The van der Waals surface area contributed by atoms with E-state index in [1.54, 1.807) is 12.1 Å². The summed E-state index contributed by atoms with van der Waals surface area (Å²) in [6, 6.07) is 13.8. The summed E-state index contributed by atoms with van der Waals surface area (Å²) < 4.78 is 27.9. The number of carbonyl (C=O) groups is 2. The molecule has 172 valence electrons. The van der Waals surface area contributed by atoms with Crippen LogP contribution < -0.4 is 16.6 Å². The second-order valence-electron chi connectivity index (χ2n) is 7.88. The van der Waals surface area contributed by atoms with Crippen LogP contribution in [0.2, 0.25) is 0 Å². The van der Waals surface area contributed by atoms with Crippen LogP contribution in [0.4, 0.5) is 8.78 Å². The smallest absolute Gasteiger partial charge is 0.263 e. The van der Waals surface area contributed by atoms with Gasteiger partial charge < -0.3 is 15.6 Å². The van der Waals surface area contributed by atoms with Crippen LogP contribution in [0, 0.1) is 11.6 Å². The number of nitrogens with one attached hydrogen (secondary N) is 1. The topological polar surface area (TPSA) is 94.2 Å². The highest BCUT2D eigenvalue weighted by Gasteiger charge is 2.15. The summed E-state index contributed by atoms with van der Waals surface area (Å²) in [4.78, 5) is 36.8. The second-order valence-corrected chi connectivity index (χ2v) is 7.88. The molecule has 0 aliphatic heterocycles. The molecule has 0 radical (unpaired) electrons. The Morgan fingerprint density at radius 1 is 1.00 bits per heavy atom. The van der Waals surface area contributed by atoms with Gasteiger partial charge in [0.25, 0.3) is 11.5 Å². The van der Waals surface area contributed by atoms with Gasteiger partial charge in [-0.15, -0.1) is 0 Å². The van der Waals surface area contributed by atoms with Crippen LogP contribution in [0.25, 0.3) is 5.57 Å². The summed E-state index contributed by atoms with van der Waals surface area (Å²) in [5.41, 5.74) is 8.24. The van der Waals surface area contributed by atoms with Crippen molar-refractivity contribution in [3.63, 3.8) is 0 Å². The lowest BCUT2D eigenvalue weighted by molar-refractivity contribution is -0.114. The zero-order valence-electron chi connectivity index (χ0n) is 18.1. The molecule has 34 heavy (non-hydrogen) atoms. The highest BCUT2D eigenvalue weighted by molar-refractivity contribution is 5.98. The molecular weight excluding hydrogens is 440 g/mol. The molecule has 2 amide bonds. The van der Waals surface area contributed by atoms with Gasteiger partial charge >= 0.3 is 0 Å². The summed E-state index contributed by atoms with van der Waals surface area (Å²) in [7, 11) is 0. The van der Waals surface area contributed by atoms with E-state index in [4.69, 9.17) is 5.73 Å². The molecule has 1 aliphatic carbocycles. The van der Waals surface area contributed by atoms with E-state index in [-0.39, 0.29) is 18.7 Å².